The fraction of sp³-hybridized carbons (Fsp3) is 0.647. The Hall–Kier alpha value is -0.860. The van der Waals surface area contributed by atoms with Gasteiger partial charge >= 0.3 is 0 Å². The topological polar surface area (TPSA) is 15.3 Å². The van der Waals surface area contributed by atoms with Crippen LogP contribution in [0.5, 0.6) is 0 Å². The molecule has 1 aliphatic heterocycles. The van der Waals surface area contributed by atoms with Crippen molar-refractivity contribution in [1.82, 2.24) is 10.2 Å². The number of hydrogen-bond acceptors (Lipinski definition) is 2. The summed E-state index contributed by atoms with van der Waals surface area (Å²) in [5.74, 6) is 0. The monoisotopic (exact) mass is 260 g/mol. The highest BCUT2D eigenvalue weighted by molar-refractivity contribution is 5.15. The molecule has 1 unspecified atom stereocenters. The normalized spacial score (nSPS) is 17.7. The van der Waals surface area contributed by atoms with Crippen LogP contribution in [0.15, 0.2) is 30.3 Å². The molecule has 0 amide bonds. The van der Waals surface area contributed by atoms with Crippen LogP contribution in [0.25, 0.3) is 0 Å². The molecule has 1 aliphatic rings. The highest BCUT2D eigenvalue weighted by atomic mass is 15.1. The lowest BCUT2D eigenvalue weighted by molar-refractivity contribution is 0.326. The van der Waals surface area contributed by atoms with E-state index in [2.05, 4.69) is 47.5 Å². The van der Waals surface area contributed by atoms with Crippen LogP contribution in [0.3, 0.4) is 0 Å². The molecule has 2 nitrogen and oxygen atoms in total. The van der Waals surface area contributed by atoms with Crippen molar-refractivity contribution in [3.8, 4) is 0 Å². The summed E-state index contributed by atoms with van der Waals surface area (Å²) in [6.45, 7) is 7.35. The molecule has 0 spiro atoms. The smallest absolute Gasteiger partial charge is 0.0105 e. The van der Waals surface area contributed by atoms with Crippen molar-refractivity contribution in [3.05, 3.63) is 35.9 Å². The minimum absolute atomic E-state index is 0.626. The van der Waals surface area contributed by atoms with E-state index in [1.54, 1.807) is 0 Å². The number of rotatable bonds is 8. The predicted molar refractivity (Wildman–Crippen MR) is 82.5 cm³/mol. The Balaban J connectivity index is 1.62. The Morgan fingerprint density at radius 2 is 1.89 bits per heavy atom. The van der Waals surface area contributed by atoms with Crippen LogP contribution < -0.4 is 5.32 Å². The van der Waals surface area contributed by atoms with Gasteiger partial charge in [-0.05, 0) is 63.8 Å². The van der Waals surface area contributed by atoms with E-state index in [9.17, 15) is 0 Å². The third-order valence-corrected chi connectivity index (χ3v) is 4.10. The number of nitrogens with zero attached hydrogens (tertiary/aromatic N) is 1. The van der Waals surface area contributed by atoms with E-state index in [1.807, 2.05) is 0 Å². The van der Waals surface area contributed by atoms with Crippen molar-refractivity contribution in [2.45, 2.75) is 45.1 Å². The van der Waals surface area contributed by atoms with Crippen molar-refractivity contribution in [1.29, 1.82) is 0 Å². The third kappa shape index (κ3) is 5.33. The largest absolute Gasteiger partial charge is 0.314 e. The van der Waals surface area contributed by atoms with Gasteiger partial charge in [0, 0.05) is 6.04 Å². The van der Waals surface area contributed by atoms with Gasteiger partial charge in [-0.3, -0.25) is 0 Å². The van der Waals surface area contributed by atoms with Gasteiger partial charge in [-0.2, -0.15) is 0 Å². The van der Waals surface area contributed by atoms with E-state index in [1.165, 1.54) is 50.9 Å². The third-order valence-electron chi connectivity index (χ3n) is 4.10. The molecule has 1 aromatic carbocycles. The number of benzene rings is 1. The highest BCUT2D eigenvalue weighted by Crippen LogP contribution is 2.08. The Morgan fingerprint density at radius 1 is 1.16 bits per heavy atom. The molecule has 1 aromatic rings. The second-order valence-electron chi connectivity index (χ2n) is 5.65. The standard InChI is InChI=1S/C17H28N2/c1-2-17(15-16-9-4-3-5-10-16)18-11-8-14-19-12-6-7-13-19/h3-5,9-10,17-18H,2,6-8,11-15H2,1H3. The maximum Gasteiger partial charge on any atom is 0.0105 e. The van der Waals surface area contributed by atoms with Crippen LogP contribution >= 0.6 is 0 Å². The summed E-state index contributed by atoms with van der Waals surface area (Å²) in [5, 5.41) is 3.72. The zero-order chi connectivity index (χ0) is 13.3. The Morgan fingerprint density at radius 3 is 2.58 bits per heavy atom. The summed E-state index contributed by atoms with van der Waals surface area (Å²) in [5.41, 5.74) is 1.45. The maximum atomic E-state index is 3.72. The molecule has 1 saturated heterocycles. The Kier molecular flexibility index (Phi) is 6.38. The van der Waals surface area contributed by atoms with Gasteiger partial charge in [0.2, 0.25) is 0 Å². The molecular formula is C17H28N2. The van der Waals surface area contributed by atoms with Gasteiger partial charge in [0.15, 0.2) is 0 Å². The quantitative estimate of drug-likeness (QED) is 0.723. The van der Waals surface area contributed by atoms with Crippen molar-refractivity contribution < 1.29 is 0 Å². The molecule has 106 valence electrons. The molecule has 0 aromatic heterocycles. The maximum absolute atomic E-state index is 3.72. The first-order valence-corrected chi connectivity index (χ1v) is 7.88. The summed E-state index contributed by atoms with van der Waals surface area (Å²) < 4.78 is 0. The molecule has 0 saturated carbocycles. The minimum Gasteiger partial charge on any atom is -0.314 e. The zero-order valence-electron chi connectivity index (χ0n) is 12.3. The first-order chi connectivity index (χ1) is 9.38. The van der Waals surface area contributed by atoms with Crippen LogP contribution in [0.1, 0.15) is 38.2 Å². The molecule has 1 fully saturated rings. The van der Waals surface area contributed by atoms with Gasteiger partial charge in [0.25, 0.3) is 0 Å². The molecule has 2 rings (SSSR count). The second-order valence-corrected chi connectivity index (χ2v) is 5.65. The average Bonchev–Trinajstić information content (AvgIpc) is 2.96. The van der Waals surface area contributed by atoms with Gasteiger partial charge in [-0.25, -0.2) is 0 Å². The van der Waals surface area contributed by atoms with Gasteiger partial charge < -0.3 is 10.2 Å². The van der Waals surface area contributed by atoms with E-state index in [0.29, 0.717) is 6.04 Å². The van der Waals surface area contributed by atoms with Crippen molar-refractivity contribution in [3.63, 3.8) is 0 Å². The summed E-state index contributed by atoms with van der Waals surface area (Å²) in [6.07, 6.45) is 6.45. The van der Waals surface area contributed by atoms with Crippen LogP contribution in [-0.2, 0) is 6.42 Å². The van der Waals surface area contributed by atoms with Crippen LogP contribution in [0.2, 0.25) is 0 Å². The van der Waals surface area contributed by atoms with Gasteiger partial charge in [-0.15, -0.1) is 0 Å². The van der Waals surface area contributed by atoms with Crippen LogP contribution in [0, 0.1) is 0 Å². The molecule has 1 atom stereocenters. The molecule has 0 aliphatic carbocycles. The second kappa shape index (κ2) is 8.34. The lowest BCUT2D eigenvalue weighted by Crippen LogP contribution is -2.33. The lowest BCUT2D eigenvalue weighted by atomic mass is 10.0. The van der Waals surface area contributed by atoms with Crippen LogP contribution in [-0.4, -0.2) is 37.1 Å². The Bertz CT molecular complexity index is 330. The Labute approximate surface area is 118 Å². The average molecular weight is 260 g/mol. The highest BCUT2D eigenvalue weighted by Gasteiger charge is 2.11. The fourth-order valence-corrected chi connectivity index (χ4v) is 2.87. The number of likely N-dealkylation sites (tertiary alicyclic amines) is 1. The predicted octanol–water partition coefficient (Wildman–Crippen LogP) is 3.08. The van der Waals surface area contributed by atoms with E-state index < -0.39 is 0 Å². The zero-order valence-corrected chi connectivity index (χ0v) is 12.3. The molecule has 19 heavy (non-hydrogen) atoms. The van der Waals surface area contributed by atoms with Gasteiger partial charge in [0.05, 0.1) is 0 Å². The number of nitrogens with one attached hydrogen (secondary N) is 1. The molecule has 1 heterocycles. The lowest BCUT2D eigenvalue weighted by Gasteiger charge is -2.19. The summed E-state index contributed by atoms with van der Waals surface area (Å²) in [6, 6.07) is 11.4. The molecular weight excluding hydrogens is 232 g/mol. The minimum atomic E-state index is 0.626. The molecule has 0 radical (unpaired) electrons. The first-order valence-electron chi connectivity index (χ1n) is 7.88. The molecule has 1 N–H and O–H groups in total. The SMILES string of the molecule is CCC(Cc1ccccc1)NCCCN1CCCC1. The van der Waals surface area contributed by atoms with Gasteiger partial charge in [-0.1, -0.05) is 37.3 Å². The fourth-order valence-electron chi connectivity index (χ4n) is 2.87. The summed E-state index contributed by atoms with van der Waals surface area (Å²) in [4.78, 5) is 2.60. The first kappa shape index (κ1) is 14.5. The molecule has 2 heteroatoms. The molecule has 0 bridgehead atoms. The number of hydrogen-bond donors (Lipinski definition) is 1. The van der Waals surface area contributed by atoms with E-state index >= 15 is 0 Å². The van der Waals surface area contributed by atoms with Crippen molar-refractivity contribution >= 4 is 0 Å². The van der Waals surface area contributed by atoms with Crippen molar-refractivity contribution in [2.75, 3.05) is 26.2 Å². The van der Waals surface area contributed by atoms with Crippen molar-refractivity contribution in [2.24, 2.45) is 0 Å². The van der Waals surface area contributed by atoms with Crippen LogP contribution in [0.4, 0.5) is 0 Å². The van der Waals surface area contributed by atoms with Gasteiger partial charge in [0.1, 0.15) is 0 Å². The van der Waals surface area contributed by atoms with E-state index in [4.69, 9.17) is 0 Å². The summed E-state index contributed by atoms with van der Waals surface area (Å²) >= 11 is 0. The summed E-state index contributed by atoms with van der Waals surface area (Å²) in [7, 11) is 0. The van der Waals surface area contributed by atoms with E-state index in [0.717, 1.165) is 13.0 Å². The van der Waals surface area contributed by atoms with E-state index in [-0.39, 0.29) is 0 Å².